The minimum Gasteiger partial charge on any atom is -0.481 e. The maximum Gasteiger partial charge on any atom is 0.436 e. The van der Waals surface area contributed by atoms with E-state index < -0.39 is 50.4 Å². The summed E-state index contributed by atoms with van der Waals surface area (Å²) in [5.74, 6) is -2.11. The lowest BCUT2D eigenvalue weighted by Gasteiger charge is -2.11. The Bertz CT molecular complexity index is 1110. The van der Waals surface area contributed by atoms with Crippen LogP contribution in [0.1, 0.15) is 23.0 Å². The van der Waals surface area contributed by atoms with Crippen LogP contribution >= 0.6 is 0 Å². The molecule has 0 unspecified atom stereocenters. The molecule has 0 saturated carbocycles. The number of aryl methyl sites for hydroxylation is 1. The molecule has 0 bridgehead atoms. The number of amides is 2. The molecule has 2 rings (SSSR count). The molecule has 0 aromatic carbocycles. The summed E-state index contributed by atoms with van der Waals surface area (Å²) < 4.78 is 81.3. The summed E-state index contributed by atoms with van der Waals surface area (Å²) in [6, 6.07) is -0.190. The van der Waals surface area contributed by atoms with Crippen LogP contribution in [0.2, 0.25) is 0 Å². The minimum atomic E-state index is -5.18. The van der Waals surface area contributed by atoms with Crippen LogP contribution in [0.4, 0.5) is 23.9 Å². The molecule has 0 fully saturated rings. The molecule has 2 aromatic rings. The number of nitrogens with one attached hydrogen (secondary N) is 2. The second-order valence-corrected chi connectivity index (χ2v) is 7.30. The third-order valence-corrected chi connectivity index (χ3v) is 4.98. The molecule has 2 heterocycles. The number of sulfonamides is 1. The summed E-state index contributed by atoms with van der Waals surface area (Å²) in [5, 5.41) is 3.80. The van der Waals surface area contributed by atoms with Crippen LogP contribution in [-0.2, 0) is 28.0 Å². The summed E-state index contributed by atoms with van der Waals surface area (Å²) in [4.78, 5) is 31.8. The fourth-order valence-corrected chi connectivity index (χ4v) is 3.60. The topological polar surface area (TPSA) is 164 Å². The monoisotopic (exact) mass is 482 g/mol. The predicted octanol–water partition coefficient (Wildman–Crippen LogP) is 0.933. The summed E-state index contributed by atoms with van der Waals surface area (Å²) >= 11 is 0. The Morgan fingerprint density at radius 1 is 1.16 bits per heavy atom. The van der Waals surface area contributed by atoms with Crippen LogP contribution < -0.4 is 19.5 Å². The molecule has 2 aromatic heterocycles. The fraction of sp³-hybridized carbons (Fsp3) is 0.400. The van der Waals surface area contributed by atoms with Crippen molar-refractivity contribution in [3.05, 3.63) is 17.3 Å². The van der Waals surface area contributed by atoms with Crippen molar-refractivity contribution in [1.82, 2.24) is 24.5 Å². The number of anilines is 1. The predicted molar refractivity (Wildman–Crippen MR) is 98.6 cm³/mol. The van der Waals surface area contributed by atoms with Crippen molar-refractivity contribution in [2.45, 2.75) is 18.1 Å². The second kappa shape index (κ2) is 9.25. The van der Waals surface area contributed by atoms with E-state index in [1.807, 2.05) is 5.32 Å². The van der Waals surface area contributed by atoms with Gasteiger partial charge >= 0.3 is 18.2 Å². The van der Waals surface area contributed by atoms with Crippen LogP contribution in [0.25, 0.3) is 0 Å². The number of methoxy groups -OCH3 is 2. The standard InChI is InChI=1S/C15H17F3N6O7S/c1-5-31-12(25)9-10(15(16,17)18)22-24(2)11(9)32(27,28)23-14(26)21-13-19-7(29-3)6-8(20-13)30-4/h6H,5H2,1-4H3,(H2,19,20,21,23,26). The number of nitrogens with zero attached hydrogens (tertiary/aromatic N) is 4. The molecular formula is C15H17F3N6O7S. The number of rotatable bonds is 7. The Morgan fingerprint density at radius 3 is 2.19 bits per heavy atom. The zero-order valence-corrected chi connectivity index (χ0v) is 17.8. The molecule has 13 nitrogen and oxygen atoms in total. The third kappa shape index (κ3) is 5.34. The highest BCUT2D eigenvalue weighted by molar-refractivity contribution is 7.90. The summed E-state index contributed by atoms with van der Waals surface area (Å²) in [7, 11) is -1.69. The van der Waals surface area contributed by atoms with Crippen LogP contribution in [0.3, 0.4) is 0 Å². The van der Waals surface area contributed by atoms with E-state index in [1.54, 1.807) is 0 Å². The SMILES string of the molecule is CCOC(=O)c1c(C(F)(F)F)nn(C)c1S(=O)(=O)NC(=O)Nc1nc(OC)cc(OC)n1. The molecule has 0 aliphatic carbocycles. The average Bonchev–Trinajstić information content (AvgIpc) is 3.06. The Kier molecular flexibility index (Phi) is 7.12. The van der Waals surface area contributed by atoms with Gasteiger partial charge in [-0.15, -0.1) is 0 Å². The molecular weight excluding hydrogens is 465 g/mol. The first kappa shape index (κ1) is 24.6. The molecule has 0 aliphatic rings. The largest absolute Gasteiger partial charge is 0.481 e. The van der Waals surface area contributed by atoms with Crippen molar-refractivity contribution >= 4 is 28.0 Å². The summed E-state index contributed by atoms with van der Waals surface area (Å²) in [6.45, 7) is 0.969. The first-order valence-corrected chi connectivity index (χ1v) is 9.94. The van der Waals surface area contributed by atoms with Crippen molar-refractivity contribution in [2.75, 3.05) is 26.1 Å². The molecule has 0 aliphatic heterocycles. The van der Waals surface area contributed by atoms with Gasteiger partial charge in [0.05, 0.1) is 26.9 Å². The van der Waals surface area contributed by atoms with Gasteiger partial charge in [-0.05, 0) is 6.92 Å². The number of urea groups is 1. The first-order valence-electron chi connectivity index (χ1n) is 8.46. The van der Waals surface area contributed by atoms with E-state index in [-0.39, 0.29) is 23.0 Å². The van der Waals surface area contributed by atoms with Gasteiger partial charge in [0.1, 0.15) is 5.56 Å². The lowest BCUT2D eigenvalue weighted by molar-refractivity contribution is -0.142. The van der Waals surface area contributed by atoms with E-state index in [9.17, 15) is 31.2 Å². The smallest absolute Gasteiger partial charge is 0.436 e. The maximum absolute atomic E-state index is 13.3. The maximum atomic E-state index is 13.3. The molecule has 32 heavy (non-hydrogen) atoms. The van der Waals surface area contributed by atoms with Gasteiger partial charge in [0.25, 0.3) is 10.0 Å². The molecule has 0 saturated heterocycles. The van der Waals surface area contributed by atoms with Crippen molar-refractivity contribution in [3.63, 3.8) is 0 Å². The Morgan fingerprint density at radius 2 is 1.72 bits per heavy atom. The Balaban J connectivity index is 2.43. The van der Waals surface area contributed by atoms with Gasteiger partial charge in [-0.1, -0.05) is 0 Å². The number of ether oxygens (including phenoxy) is 3. The highest BCUT2D eigenvalue weighted by Gasteiger charge is 2.45. The highest BCUT2D eigenvalue weighted by Crippen LogP contribution is 2.34. The number of aromatic nitrogens is 4. The lowest BCUT2D eigenvalue weighted by atomic mass is 10.2. The molecule has 176 valence electrons. The van der Waals surface area contributed by atoms with Crippen LogP contribution in [-0.4, -0.2) is 61.0 Å². The van der Waals surface area contributed by atoms with Gasteiger partial charge in [0.2, 0.25) is 17.7 Å². The normalized spacial score (nSPS) is 11.6. The summed E-state index contributed by atoms with van der Waals surface area (Å²) in [6.07, 6.45) is -5.18. The van der Waals surface area contributed by atoms with Crippen LogP contribution in [0.15, 0.2) is 11.1 Å². The van der Waals surface area contributed by atoms with Crippen molar-refractivity contribution < 1.29 is 45.4 Å². The molecule has 2 amide bonds. The van der Waals surface area contributed by atoms with Gasteiger partial charge in [0, 0.05) is 7.05 Å². The fourth-order valence-electron chi connectivity index (χ4n) is 2.37. The number of hydrogen-bond donors (Lipinski definition) is 2. The lowest BCUT2D eigenvalue weighted by Crippen LogP contribution is -2.36. The number of carbonyl (C=O) groups is 2. The van der Waals surface area contributed by atoms with Gasteiger partial charge in [0.15, 0.2) is 10.7 Å². The van der Waals surface area contributed by atoms with E-state index in [0.29, 0.717) is 0 Å². The zero-order chi connectivity index (χ0) is 24.3. The Labute approximate surface area is 178 Å². The van der Waals surface area contributed by atoms with Gasteiger partial charge in [-0.3, -0.25) is 10.00 Å². The third-order valence-electron chi connectivity index (χ3n) is 3.55. The molecule has 0 radical (unpaired) electrons. The molecule has 17 heteroatoms. The van der Waals surface area contributed by atoms with Crippen LogP contribution in [0.5, 0.6) is 11.8 Å². The molecule has 2 N–H and O–H groups in total. The van der Waals surface area contributed by atoms with Crippen molar-refractivity contribution in [3.8, 4) is 11.8 Å². The number of halogens is 3. The van der Waals surface area contributed by atoms with E-state index in [1.165, 1.54) is 31.9 Å². The van der Waals surface area contributed by atoms with Gasteiger partial charge in [-0.2, -0.15) is 36.7 Å². The van der Waals surface area contributed by atoms with Crippen molar-refractivity contribution in [2.24, 2.45) is 7.05 Å². The van der Waals surface area contributed by atoms with Crippen molar-refractivity contribution in [1.29, 1.82) is 0 Å². The highest BCUT2D eigenvalue weighted by atomic mass is 32.2. The van der Waals surface area contributed by atoms with Crippen LogP contribution in [0, 0.1) is 0 Å². The Hall–Kier alpha value is -3.63. The number of carbonyl (C=O) groups excluding carboxylic acids is 2. The zero-order valence-electron chi connectivity index (χ0n) is 17.0. The quantitative estimate of drug-likeness (QED) is 0.543. The average molecular weight is 482 g/mol. The van der Waals surface area contributed by atoms with E-state index >= 15 is 0 Å². The van der Waals surface area contributed by atoms with Gasteiger partial charge in [-0.25, -0.2) is 14.3 Å². The number of hydrogen-bond acceptors (Lipinski definition) is 10. The molecule has 0 spiro atoms. The van der Waals surface area contributed by atoms with E-state index in [2.05, 4.69) is 19.8 Å². The minimum absolute atomic E-state index is 0.0407. The molecule has 0 atom stereocenters. The second-order valence-electron chi connectivity index (χ2n) is 5.71. The first-order chi connectivity index (χ1) is 14.8. The van der Waals surface area contributed by atoms with E-state index in [4.69, 9.17) is 9.47 Å². The summed E-state index contributed by atoms with van der Waals surface area (Å²) in [5.41, 5.74) is -3.17. The number of esters is 1. The van der Waals surface area contributed by atoms with Gasteiger partial charge < -0.3 is 14.2 Å². The number of alkyl halides is 3. The van der Waals surface area contributed by atoms with E-state index in [0.717, 1.165) is 7.05 Å².